The summed E-state index contributed by atoms with van der Waals surface area (Å²) in [5.74, 6) is 0.0191. The van der Waals surface area contributed by atoms with Gasteiger partial charge in [0.05, 0.1) is 17.8 Å². The fraction of sp³-hybridized carbons (Fsp3) is 0.158. The van der Waals surface area contributed by atoms with Gasteiger partial charge in [-0.05, 0) is 43.7 Å². The number of nitrogens with one attached hydrogen (secondary N) is 1. The maximum atomic E-state index is 12.5. The third-order valence-electron chi connectivity index (χ3n) is 3.91. The van der Waals surface area contributed by atoms with E-state index in [1.807, 2.05) is 25.1 Å². The number of fused-ring (bicyclic) bond motifs is 1. The first-order valence-electron chi connectivity index (χ1n) is 7.81. The van der Waals surface area contributed by atoms with Gasteiger partial charge in [0.2, 0.25) is 0 Å². The first-order chi connectivity index (χ1) is 12.4. The zero-order valence-electron chi connectivity index (χ0n) is 14.5. The molecule has 2 N–H and O–H groups in total. The molecule has 134 valence electrons. The van der Waals surface area contributed by atoms with Gasteiger partial charge in [-0.25, -0.2) is 5.43 Å². The van der Waals surface area contributed by atoms with Gasteiger partial charge in [-0.2, -0.15) is 5.10 Å². The zero-order chi connectivity index (χ0) is 18.8. The van der Waals surface area contributed by atoms with Gasteiger partial charge < -0.3 is 9.84 Å². The number of thiophene rings is 1. The first-order valence-corrected chi connectivity index (χ1v) is 9.01. The summed E-state index contributed by atoms with van der Waals surface area (Å²) in [5.41, 5.74) is 4.94. The average molecular weight is 389 g/mol. The lowest BCUT2D eigenvalue weighted by atomic mass is 10.1. The predicted molar refractivity (Wildman–Crippen MR) is 106 cm³/mol. The van der Waals surface area contributed by atoms with Crippen molar-refractivity contribution in [3.05, 3.63) is 57.4 Å². The van der Waals surface area contributed by atoms with Crippen molar-refractivity contribution in [1.82, 2.24) is 5.43 Å². The van der Waals surface area contributed by atoms with Crippen LogP contribution in [0, 0.1) is 6.92 Å². The molecule has 0 aliphatic rings. The highest BCUT2D eigenvalue weighted by Gasteiger charge is 2.17. The van der Waals surface area contributed by atoms with E-state index in [9.17, 15) is 9.90 Å². The number of hydrogen-bond acceptors (Lipinski definition) is 5. The van der Waals surface area contributed by atoms with Gasteiger partial charge in [0, 0.05) is 15.6 Å². The molecule has 0 aliphatic heterocycles. The Hall–Kier alpha value is -2.57. The van der Waals surface area contributed by atoms with E-state index in [0.29, 0.717) is 21.4 Å². The summed E-state index contributed by atoms with van der Waals surface area (Å²) in [6.45, 7) is 3.74. The van der Waals surface area contributed by atoms with Crippen LogP contribution in [0.5, 0.6) is 11.5 Å². The third kappa shape index (κ3) is 3.52. The summed E-state index contributed by atoms with van der Waals surface area (Å²) in [6, 6.07) is 10.7. The Morgan fingerprint density at radius 2 is 2.04 bits per heavy atom. The molecule has 3 rings (SSSR count). The van der Waals surface area contributed by atoms with Crippen LogP contribution in [0.1, 0.15) is 27.7 Å². The molecule has 1 amide bonds. The quantitative estimate of drug-likeness (QED) is 0.501. The lowest BCUT2D eigenvalue weighted by molar-refractivity contribution is 0.0959. The van der Waals surface area contributed by atoms with Crippen molar-refractivity contribution < 1.29 is 14.6 Å². The highest BCUT2D eigenvalue weighted by molar-refractivity contribution is 7.21. The fourth-order valence-electron chi connectivity index (χ4n) is 2.47. The minimum Gasteiger partial charge on any atom is -0.504 e. The second-order valence-corrected chi connectivity index (χ2v) is 7.20. The van der Waals surface area contributed by atoms with Crippen LogP contribution in [0.15, 0.2) is 41.5 Å². The largest absolute Gasteiger partial charge is 0.504 e. The molecule has 1 aromatic heterocycles. The van der Waals surface area contributed by atoms with E-state index < -0.39 is 0 Å². The van der Waals surface area contributed by atoms with E-state index in [1.165, 1.54) is 24.5 Å². The third-order valence-corrected chi connectivity index (χ3v) is 5.57. The van der Waals surface area contributed by atoms with E-state index >= 15 is 0 Å². The molecule has 5 nitrogen and oxygen atoms in total. The summed E-state index contributed by atoms with van der Waals surface area (Å²) in [6.07, 6.45) is 0. The lowest BCUT2D eigenvalue weighted by Crippen LogP contribution is -2.18. The number of ether oxygens (including phenoxy) is 1. The van der Waals surface area contributed by atoms with Gasteiger partial charge in [-0.1, -0.05) is 23.7 Å². The standard InChI is InChI=1S/C19H17ClN2O3S/c1-10-4-6-13-16(8-10)26-18(17(13)20)19(24)22-21-11(2)12-5-7-14(23)15(9-12)25-3/h4-9,23H,1-3H3,(H,22,24). The van der Waals surface area contributed by atoms with Crippen molar-refractivity contribution >= 4 is 44.6 Å². The second kappa shape index (κ2) is 7.35. The number of phenolic OH excluding ortho intramolecular Hbond substituents is 1. The van der Waals surface area contributed by atoms with Crippen molar-refractivity contribution in [2.24, 2.45) is 5.10 Å². The molecule has 0 unspecified atom stereocenters. The molecule has 0 bridgehead atoms. The van der Waals surface area contributed by atoms with Crippen LogP contribution in [-0.4, -0.2) is 23.8 Å². The van der Waals surface area contributed by atoms with Crippen molar-refractivity contribution in [2.75, 3.05) is 7.11 Å². The number of carbonyl (C=O) groups excluding carboxylic acids is 1. The first kappa shape index (κ1) is 18.2. The van der Waals surface area contributed by atoms with E-state index in [4.69, 9.17) is 16.3 Å². The molecular formula is C19H17ClN2O3S. The Labute approximate surface area is 159 Å². The highest BCUT2D eigenvalue weighted by atomic mass is 35.5. The van der Waals surface area contributed by atoms with Crippen molar-refractivity contribution in [1.29, 1.82) is 0 Å². The number of aryl methyl sites for hydroxylation is 1. The molecule has 0 aliphatic carbocycles. The van der Waals surface area contributed by atoms with E-state index in [0.717, 1.165) is 21.2 Å². The summed E-state index contributed by atoms with van der Waals surface area (Å²) in [7, 11) is 1.47. The second-order valence-electron chi connectivity index (χ2n) is 5.77. The van der Waals surface area contributed by atoms with E-state index in [2.05, 4.69) is 10.5 Å². The molecule has 2 aromatic carbocycles. The molecule has 0 radical (unpaired) electrons. The monoisotopic (exact) mass is 388 g/mol. The van der Waals surface area contributed by atoms with Gasteiger partial charge in [-0.3, -0.25) is 4.79 Å². The Morgan fingerprint density at radius 1 is 1.27 bits per heavy atom. The van der Waals surface area contributed by atoms with Crippen LogP contribution in [-0.2, 0) is 0 Å². The van der Waals surface area contributed by atoms with E-state index in [1.54, 1.807) is 19.1 Å². The van der Waals surface area contributed by atoms with Gasteiger partial charge in [-0.15, -0.1) is 11.3 Å². The van der Waals surface area contributed by atoms with Crippen molar-refractivity contribution in [2.45, 2.75) is 13.8 Å². The fourth-order valence-corrected chi connectivity index (χ4v) is 3.98. The van der Waals surface area contributed by atoms with Crippen LogP contribution < -0.4 is 10.2 Å². The number of hydrogen-bond donors (Lipinski definition) is 2. The maximum Gasteiger partial charge on any atom is 0.283 e. The number of hydrazone groups is 1. The topological polar surface area (TPSA) is 70.9 Å². The molecule has 0 fully saturated rings. The molecule has 0 atom stereocenters. The molecule has 0 saturated carbocycles. The van der Waals surface area contributed by atoms with Gasteiger partial charge in [0.15, 0.2) is 11.5 Å². The molecule has 0 spiro atoms. The number of carbonyl (C=O) groups is 1. The Balaban J connectivity index is 1.84. The normalized spacial score (nSPS) is 11.6. The molecule has 26 heavy (non-hydrogen) atoms. The lowest BCUT2D eigenvalue weighted by Gasteiger charge is -2.06. The number of nitrogens with zero attached hydrogens (tertiary/aromatic N) is 1. The number of amides is 1. The molecular weight excluding hydrogens is 372 g/mol. The number of phenols is 1. The smallest absolute Gasteiger partial charge is 0.283 e. The van der Waals surface area contributed by atoms with Crippen LogP contribution in [0.3, 0.4) is 0 Å². The average Bonchev–Trinajstić information content (AvgIpc) is 2.95. The zero-order valence-corrected chi connectivity index (χ0v) is 16.0. The van der Waals surface area contributed by atoms with Crippen LogP contribution >= 0.6 is 22.9 Å². The van der Waals surface area contributed by atoms with Gasteiger partial charge in [0.1, 0.15) is 4.88 Å². The number of methoxy groups -OCH3 is 1. The molecule has 1 heterocycles. The van der Waals surface area contributed by atoms with Crippen molar-refractivity contribution in [3.8, 4) is 11.5 Å². The van der Waals surface area contributed by atoms with Crippen LogP contribution in [0.4, 0.5) is 0 Å². The van der Waals surface area contributed by atoms with Crippen LogP contribution in [0.25, 0.3) is 10.1 Å². The molecule has 0 saturated heterocycles. The molecule has 3 aromatic rings. The number of aromatic hydroxyl groups is 1. The molecule has 7 heteroatoms. The van der Waals surface area contributed by atoms with Crippen molar-refractivity contribution in [3.63, 3.8) is 0 Å². The predicted octanol–water partition coefficient (Wildman–Crippen LogP) is 4.73. The highest BCUT2D eigenvalue weighted by Crippen LogP contribution is 2.35. The maximum absolute atomic E-state index is 12.5. The Kier molecular flexibility index (Phi) is 5.15. The minimum absolute atomic E-state index is 0.0421. The SMILES string of the molecule is COc1cc(C(C)=NNC(=O)c2sc3cc(C)ccc3c2Cl)ccc1O. The summed E-state index contributed by atoms with van der Waals surface area (Å²) in [4.78, 5) is 12.9. The Bertz CT molecular complexity index is 1030. The van der Waals surface area contributed by atoms with Gasteiger partial charge in [0.25, 0.3) is 5.91 Å². The minimum atomic E-state index is -0.362. The Morgan fingerprint density at radius 3 is 2.77 bits per heavy atom. The number of halogens is 1. The summed E-state index contributed by atoms with van der Waals surface area (Å²) in [5, 5.41) is 15.1. The van der Waals surface area contributed by atoms with Crippen LogP contribution in [0.2, 0.25) is 5.02 Å². The number of rotatable bonds is 4. The number of benzene rings is 2. The summed E-state index contributed by atoms with van der Waals surface area (Å²) >= 11 is 7.69. The summed E-state index contributed by atoms with van der Waals surface area (Å²) < 4.78 is 6.04. The van der Waals surface area contributed by atoms with Gasteiger partial charge >= 0.3 is 0 Å². The van der Waals surface area contributed by atoms with E-state index in [-0.39, 0.29) is 11.7 Å².